The number of aryl methyl sites for hydroxylation is 1. The molecule has 1 rings (SSSR count). The van der Waals surface area contributed by atoms with Crippen molar-refractivity contribution in [3.8, 4) is 0 Å². The van der Waals surface area contributed by atoms with Gasteiger partial charge in [0.25, 0.3) is 0 Å². The van der Waals surface area contributed by atoms with Crippen LogP contribution in [-0.2, 0) is 0 Å². The van der Waals surface area contributed by atoms with Crippen LogP contribution in [0.5, 0.6) is 0 Å². The van der Waals surface area contributed by atoms with Crippen LogP contribution in [0.25, 0.3) is 0 Å². The third kappa shape index (κ3) is 2.90. The highest BCUT2D eigenvalue weighted by atomic mass is 16.3. The van der Waals surface area contributed by atoms with Gasteiger partial charge < -0.3 is 10.2 Å². The molecule has 1 aromatic carbocycles. The summed E-state index contributed by atoms with van der Waals surface area (Å²) in [4.78, 5) is 9.91. The van der Waals surface area contributed by atoms with Crippen LogP contribution < -0.4 is 0 Å². The van der Waals surface area contributed by atoms with Gasteiger partial charge in [0.1, 0.15) is 0 Å². The van der Waals surface area contributed by atoms with E-state index >= 15 is 0 Å². The first kappa shape index (κ1) is 10.8. The largest absolute Gasteiger partial charge is 0.388 e. The predicted molar refractivity (Wildman–Crippen MR) is 52.6 cm³/mol. The summed E-state index contributed by atoms with van der Waals surface area (Å²) in [7, 11) is 0. The van der Waals surface area contributed by atoms with Crippen LogP contribution in [0.3, 0.4) is 0 Å². The van der Waals surface area contributed by atoms with Crippen molar-refractivity contribution >= 4 is 0 Å². The average molecular weight is 195 g/mol. The number of aliphatic hydroxyl groups is 2. The summed E-state index contributed by atoms with van der Waals surface area (Å²) in [6, 6.07) is 7.24. The van der Waals surface area contributed by atoms with E-state index in [2.05, 4.69) is 5.18 Å². The van der Waals surface area contributed by atoms with Gasteiger partial charge in [0.15, 0.2) is 6.23 Å². The molecule has 14 heavy (non-hydrogen) atoms. The van der Waals surface area contributed by atoms with Gasteiger partial charge in [-0.2, -0.15) is 0 Å². The fraction of sp³-hybridized carbons (Fsp3) is 0.400. The number of benzene rings is 1. The summed E-state index contributed by atoms with van der Waals surface area (Å²) in [5, 5.41) is 20.9. The van der Waals surface area contributed by atoms with Crippen LogP contribution in [0.4, 0.5) is 0 Å². The molecular formula is C10H13NO3. The Kier molecular flexibility index (Phi) is 3.73. The number of rotatable bonds is 4. The predicted octanol–water partition coefficient (Wildman–Crippen LogP) is 1.50. The smallest absolute Gasteiger partial charge is 0.189 e. The summed E-state index contributed by atoms with van der Waals surface area (Å²) in [6.45, 7) is 1.94. The first-order chi connectivity index (χ1) is 6.63. The normalized spacial score (nSPS) is 14.8. The minimum absolute atomic E-state index is 0.0629. The molecule has 0 radical (unpaired) electrons. The second kappa shape index (κ2) is 4.83. The van der Waals surface area contributed by atoms with Gasteiger partial charge in [0.2, 0.25) is 0 Å². The number of aliphatic hydroxyl groups excluding tert-OH is 2. The lowest BCUT2D eigenvalue weighted by Crippen LogP contribution is -2.08. The Morgan fingerprint density at radius 1 is 1.29 bits per heavy atom. The molecule has 0 heterocycles. The minimum atomic E-state index is -1.34. The molecule has 1 aromatic rings. The SMILES string of the molecule is Cc1ccc(C(O)CC(O)N=O)cc1. The van der Waals surface area contributed by atoms with Gasteiger partial charge in [0, 0.05) is 6.42 Å². The zero-order valence-electron chi connectivity index (χ0n) is 7.92. The summed E-state index contributed by atoms with van der Waals surface area (Å²) in [6.07, 6.45) is -2.25. The maximum absolute atomic E-state index is 9.91. The second-order valence-corrected chi connectivity index (χ2v) is 3.25. The van der Waals surface area contributed by atoms with Crippen LogP contribution >= 0.6 is 0 Å². The molecule has 76 valence electrons. The Balaban J connectivity index is 2.64. The molecule has 0 fully saturated rings. The fourth-order valence-corrected chi connectivity index (χ4v) is 1.17. The minimum Gasteiger partial charge on any atom is -0.388 e. The van der Waals surface area contributed by atoms with E-state index in [1.165, 1.54) is 0 Å². The fourth-order valence-electron chi connectivity index (χ4n) is 1.17. The molecule has 4 heteroatoms. The van der Waals surface area contributed by atoms with E-state index in [9.17, 15) is 10.0 Å². The van der Waals surface area contributed by atoms with Gasteiger partial charge in [-0.25, -0.2) is 0 Å². The Bertz CT molecular complexity index is 297. The third-order valence-corrected chi connectivity index (χ3v) is 2.02. The van der Waals surface area contributed by atoms with Gasteiger partial charge >= 0.3 is 0 Å². The van der Waals surface area contributed by atoms with Gasteiger partial charge in [0.05, 0.1) is 6.10 Å². The molecule has 0 saturated carbocycles. The van der Waals surface area contributed by atoms with Gasteiger partial charge in [-0.1, -0.05) is 29.8 Å². The molecule has 0 spiro atoms. The highest BCUT2D eigenvalue weighted by Crippen LogP contribution is 2.18. The van der Waals surface area contributed by atoms with Crippen molar-refractivity contribution in [2.24, 2.45) is 5.18 Å². The van der Waals surface area contributed by atoms with Crippen LogP contribution in [0.2, 0.25) is 0 Å². The van der Waals surface area contributed by atoms with E-state index in [0.29, 0.717) is 5.56 Å². The van der Waals surface area contributed by atoms with Crippen LogP contribution in [0, 0.1) is 11.8 Å². The highest BCUT2D eigenvalue weighted by Gasteiger charge is 2.13. The summed E-state index contributed by atoms with van der Waals surface area (Å²) >= 11 is 0. The molecule has 0 aliphatic carbocycles. The van der Waals surface area contributed by atoms with E-state index < -0.39 is 12.3 Å². The monoisotopic (exact) mass is 195 g/mol. The summed E-state index contributed by atoms with van der Waals surface area (Å²) in [5.74, 6) is 0. The van der Waals surface area contributed by atoms with E-state index in [4.69, 9.17) is 5.11 Å². The van der Waals surface area contributed by atoms with Crippen molar-refractivity contribution in [2.75, 3.05) is 0 Å². The van der Waals surface area contributed by atoms with Crippen molar-refractivity contribution in [3.63, 3.8) is 0 Å². The van der Waals surface area contributed by atoms with Crippen molar-refractivity contribution in [3.05, 3.63) is 40.3 Å². The van der Waals surface area contributed by atoms with Gasteiger partial charge in [-0.3, -0.25) is 0 Å². The zero-order chi connectivity index (χ0) is 10.6. The second-order valence-electron chi connectivity index (χ2n) is 3.25. The van der Waals surface area contributed by atoms with E-state index in [1.807, 2.05) is 19.1 Å². The Hall–Kier alpha value is -1.26. The molecule has 0 bridgehead atoms. The molecule has 4 nitrogen and oxygen atoms in total. The first-order valence-electron chi connectivity index (χ1n) is 4.38. The molecular weight excluding hydrogens is 182 g/mol. The van der Waals surface area contributed by atoms with E-state index in [-0.39, 0.29) is 6.42 Å². The number of nitroso groups, excluding NO2 is 1. The number of hydrogen-bond acceptors (Lipinski definition) is 4. The standard InChI is InChI=1S/C10H13NO3/c1-7-2-4-8(5-3-7)9(12)6-10(13)11-14/h2-5,9-10,12-13H,6H2,1H3. The quantitative estimate of drug-likeness (QED) is 0.715. The topological polar surface area (TPSA) is 69.9 Å². The molecule has 0 aliphatic rings. The first-order valence-corrected chi connectivity index (χ1v) is 4.38. The molecule has 0 amide bonds. The molecule has 2 N–H and O–H groups in total. The number of nitrogens with zero attached hydrogens (tertiary/aromatic N) is 1. The van der Waals surface area contributed by atoms with E-state index in [1.54, 1.807) is 12.1 Å². The maximum Gasteiger partial charge on any atom is 0.189 e. The Labute approximate surface area is 82.2 Å². The Morgan fingerprint density at radius 3 is 2.36 bits per heavy atom. The molecule has 2 atom stereocenters. The summed E-state index contributed by atoms with van der Waals surface area (Å²) in [5.41, 5.74) is 1.77. The molecule has 0 aliphatic heterocycles. The van der Waals surface area contributed by atoms with Crippen LogP contribution in [-0.4, -0.2) is 16.4 Å². The highest BCUT2D eigenvalue weighted by molar-refractivity contribution is 5.23. The number of hydrogen-bond donors (Lipinski definition) is 2. The van der Waals surface area contributed by atoms with Crippen molar-refractivity contribution < 1.29 is 10.2 Å². The van der Waals surface area contributed by atoms with Crippen LogP contribution in [0.15, 0.2) is 29.4 Å². The Morgan fingerprint density at radius 2 is 1.86 bits per heavy atom. The molecule has 0 saturated heterocycles. The third-order valence-electron chi connectivity index (χ3n) is 2.02. The average Bonchev–Trinajstić information content (AvgIpc) is 2.18. The van der Waals surface area contributed by atoms with Gasteiger partial charge in [-0.05, 0) is 17.7 Å². The zero-order valence-corrected chi connectivity index (χ0v) is 7.92. The van der Waals surface area contributed by atoms with Crippen molar-refractivity contribution in [2.45, 2.75) is 25.7 Å². The van der Waals surface area contributed by atoms with E-state index in [0.717, 1.165) is 5.56 Å². The lowest BCUT2D eigenvalue weighted by Gasteiger charge is -2.11. The van der Waals surface area contributed by atoms with Crippen molar-refractivity contribution in [1.82, 2.24) is 0 Å². The van der Waals surface area contributed by atoms with Gasteiger partial charge in [-0.15, -0.1) is 4.91 Å². The molecule has 0 aromatic heterocycles. The lowest BCUT2D eigenvalue weighted by atomic mass is 10.0. The lowest BCUT2D eigenvalue weighted by molar-refractivity contribution is 0.0847. The van der Waals surface area contributed by atoms with Crippen LogP contribution in [0.1, 0.15) is 23.7 Å². The maximum atomic E-state index is 9.91. The molecule has 2 unspecified atom stereocenters. The summed E-state index contributed by atoms with van der Waals surface area (Å²) < 4.78 is 0. The van der Waals surface area contributed by atoms with Crippen molar-refractivity contribution in [1.29, 1.82) is 0 Å².